The molecule has 5 aromatic carbocycles. The van der Waals surface area contributed by atoms with Gasteiger partial charge in [-0.15, -0.1) is 5.43 Å². The molecule has 0 atom stereocenters. The van der Waals surface area contributed by atoms with Crippen molar-refractivity contribution in [3.8, 4) is 0 Å². The minimum Gasteiger partial charge on any atom is -0.227 e. The molecular formula is C30H22N3. The van der Waals surface area contributed by atoms with Gasteiger partial charge in [-0.2, -0.15) is 0 Å². The highest BCUT2D eigenvalue weighted by Gasteiger charge is 2.47. The first-order valence-corrected chi connectivity index (χ1v) is 11.1. The first-order valence-electron chi connectivity index (χ1n) is 11.1. The molecule has 0 bridgehead atoms. The summed E-state index contributed by atoms with van der Waals surface area (Å²) in [6.45, 7) is 0. The molecule has 0 saturated heterocycles. The Kier molecular flexibility index (Phi) is 4.66. The summed E-state index contributed by atoms with van der Waals surface area (Å²) >= 11 is 0. The lowest BCUT2D eigenvalue weighted by molar-refractivity contribution is 0.512. The highest BCUT2D eigenvalue weighted by molar-refractivity contribution is 6.04. The van der Waals surface area contributed by atoms with Crippen molar-refractivity contribution >= 4 is 22.3 Å². The summed E-state index contributed by atoms with van der Waals surface area (Å²) < 4.78 is 0. The lowest BCUT2D eigenvalue weighted by Crippen LogP contribution is -2.45. The molecule has 0 N–H and O–H groups in total. The van der Waals surface area contributed by atoms with Crippen molar-refractivity contribution in [3.63, 3.8) is 0 Å². The molecule has 3 nitrogen and oxygen atoms in total. The van der Waals surface area contributed by atoms with Gasteiger partial charge in [0.15, 0.2) is 5.84 Å². The molecule has 0 amide bonds. The minimum absolute atomic E-state index is 0.720. The molecule has 1 aliphatic rings. The Morgan fingerprint density at radius 2 is 1.06 bits per heavy atom. The van der Waals surface area contributed by atoms with E-state index < -0.39 is 5.66 Å². The molecule has 3 heteroatoms. The number of nitrogens with zero attached hydrogens (tertiary/aromatic N) is 3. The maximum absolute atomic E-state index is 5.37. The van der Waals surface area contributed by atoms with Crippen LogP contribution in [0.15, 0.2) is 138 Å². The molecular weight excluding hydrogens is 402 g/mol. The third-order valence-electron chi connectivity index (χ3n) is 6.13. The predicted molar refractivity (Wildman–Crippen MR) is 135 cm³/mol. The van der Waals surface area contributed by atoms with Gasteiger partial charge in [0.05, 0.1) is 5.69 Å². The molecule has 6 rings (SSSR count). The van der Waals surface area contributed by atoms with Crippen molar-refractivity contribution in [3.05, 3.63) is 150 Å². The number of hydrogen-bond acceptors (Lipinski definition) is 2. The summed E-state index contributed by atoms with van der Waals surface area (Å²) in [5.41, 5.74) is 8.46. The maximum atomic E-state index is 5.37. The van der Waals surface area contributed by atoms with Gasteiger partial charge in [-0.05, 0) is 29.0 Å². The SMILES string of the molecule is c1ccc(N2[N]C(c3ccc4ccccc4c3)=NC2(c2ccccc2)c2ccccc2)cc1. The number of anilines is 1. The van der Waals surface area contributed by atoms with Crippen LogP contribution in [0.5, 0.6) is 0 Å². The van der Waals surface area contributed by atoms with Crippen molar-refractivity contribution in [2.45, 2.75) is 5.66 Å². The second kappa shape index (κ2) is 7.95. The van der Waals surface area contributed by atoms with Gasteiger partial charge in [-0.3, -0.25) is 0 Å². The van der Waals surface area contributed by atoms with Crippen molar-refractivity contribution in [2.24, 2.45) is 4.99 Å². The van der Waals surface area contributed by atoms with Gasteiger partial charge in [-0.1, -0.05) is 115 Å². The van der Waals surface area contributed by atoms with E-state index in [2.05, 4.69) is 108 Å². The number of amidine groups is 1. The van der Waals surface area contributed by atoms with E-state index in [9.17, 15) is 0 Å². The zero-order chi connectivity index (χ0) is 22.1. The van der Waals surface area contributed by atoms with Crippen LogP contribution in [0.1, 0.15) is 16.7 Å². The lowest BCUT2D eigenvalue weighted by Gasteiger charge is -2.36. The first-order chi connectivity index (χ1) is 16.3. The third-order valence-corrected chi connectivity index (χ3v) is 6.13. The fourth-order valence-corrected chi connectivity index (χ4v) is 4.54. The molecule has 1 heterocycles. The summed E-state index contributed by atoms with van der Waals surface area (Å²) in [6, 6.07) is 45.9. The average molecular weight is 425 g/mol. The monoisotopic (exact) mass is 424 g/mol. The highest BCUT2D eigenvalue weighted by atomic mass is 15.6. The average Bonchev–Trinajstić information content (AvgIpc) is 3.32. The topological polar surface area (TPSA) is 29.7 Å². The van der Waals surface area contributed by atoms with E-state index in [1.807, 2.05) is 30.3 Å². The number of hydrogen-bond donors (Lipinski definition) is 0. The molecule has 5 aromatic rings. The number of aliphatic imine (C=N–C) groups is 1. The van der Waals surface area contributed by atoms with Crippen molar-refractivity contribution in [1.82, 2.24) is 5.43 Å². The van der Waals surface area contributed by atoms with Crippen molar-refractivity contribution < 1.29 is 0 Å². The third kappa shape index (κ3) is 3.26. The largest absolute Gasteiger partial charge is 0.227 e. The number of benzene rings is 5. The summed E-state index contributed by atoms with van der Waals surface area (Å²) in [7, 11) is 0. The van der Waals surface area contributed by atoms with Gasteiger partial charge in [0.2, 0.25) is 5.66 Å². The number of fused-ring (bicyclic) bond motifs is 1. The van der Waals surface area contributed by atoms with Crippen LogP contribution in [0.2, 0.25) is 0 Å². The van der Waals surface area contributed by atoms with Crippen LogP contribution in [-0.2, 0) is 5.66 Å². The van der Waals surface area contributed by atoms with Gasteiger partial charge in [0, 0.05) is 16.7 Å². The van der Waals surface area contributed by atoms with E-state index in [-0.39, 0.29) is 0 Å². The fourth-order valence-electron chi connectivity index (χ4n) is 4.54. The van der Waals surface area contributed by atoms with Crippen LogP contribution < -0.4 is 10.4 Å². The zero-order valence-corrected chi connectivity index (χ0v) is 18.0. The Labute approximate surface area is 193 Å². The first kappa shape index (κ1) is 19.3. The summed E-state index contributed by atoms with van der Waals surface area (Å²) in [4.78, 5) is 5.37. The lowest BCUT2D eigenvalue weighted by atomic mass is 9.90. The molecule has 33 heavy (non-hydrogen) atoms. The maximum Gasteiger partial charge on any atom is 0.206 e. The van der Waals surface area contributed by atoms with E-state index in [1.165, 1.54) is 10.8 Å². The second-order valence-corrected chi connectivity index (χ2v) is 8.15. The van der Waals surface area contributed by atoms with Gasteiger partial charge < -0.3 is 0 Å². The van der Waals surface area contributed by atoms with E-state index in [0.717, 1.165) is 28.2 Å². The Balaban J connectivity index is 1.61. The minimum atomic E-state index is -0.801. The molecule has 1 radical (unpaired) electrons. The predicted octanol–water partition coefficient (Wildman–Crippen LogP) is 6.53. The summed E-state index contributed by atoms with van der Waals surface area (Å²) in [5.74, 6) is 0.720. The quantitative estimate of drug-likeness (QED) is 0.323. The molecule has 157 valence electrons. The number of rotatable bonds is 4. The van der Waals surface area contributed by atoms with E-state index in [1.54, 1.807) is 0 Å². The van der Waals surface area contributed by atoms with Gasteiger partial charge in [0.1, 0.15) is 0 Å². The standard InChI is InChI=1S/C30H22N3/c1-4-14-26(15-5-1)30(27-16-6-2-7-17-27)31-29(32-33(30)28-18-8-3-9-19-28)25-21-20-23-12-10-11-13-24(23)22-25/h1-22H. The second-order valence-electron chi connectivity index (χ2n) is 8.15. The normalized spacial score (nSPS) is 14.7. The molecule has 1 aliphatic heterocycles. The smallest absolute Gasteiger partial charge is 0.206 e. The Morgan fingerprint density at radius 1 is 0.515 bits per heavy atom. The van der Waals surface area contributed by atoms with Crippen LogP contribution in [0, 0.1) is 0 Å². The Hall–Kier alpha value is -4.37. The van der Waals surface area contributed by atoms with E-state index in [4.69, 9.17) is 10.4 Å². The summed E-state index contributed by atoms with van der Waals surface area (Å²) in [6.07, 6.45) is 0. The number of para-hydroxylation sites is 1. The van der Waals surface area contributed by atoms with Gasteiger partial charge in [-0.25, -0.2) is 10.0 Å². The Bertz CT molecular complexity index is 1390. The Morgan fingerprint density at radius 3 is 1.70 bits per heavy atom. The fraction of sp³-hybridized carbons (Fsp3) is 0.0333. The van der Waals surface area contributed by atoms with Crippen LogP contribution >= 0.6 is 0 Å². The highest BCUT2D eigenvalue weighted by Crippen LogP contribution is 2.43. The van der Waals surface area contributed by atoms with Crippen molar-refractivity contribution in [1.29, 1.82) is 0 Å². The zero-order valence-electron chi connectivity index (χ0n) is 18.0. The molecule has 0 unspecified atom stereocenters. The van der Waals surface area contributed by atoms with E-state index in [0.29, 0.717) is 0 Å². The molecule has 0 saturated carbocycles. The van der Waals surface area contributed by atoms with Crippen LogP contribution in [0.25, 0.3) is 10.8 Å². The van der Waals surface area contributed by atoms with Crippen molar-refractivity contribution in [2.75, 3.05) is 5.01 Å². The molecule has 0 aliphatic carbocycles. The molecule has 0 spiro atoms. The van der Waals surface area contributed by atoms with Crippen LogP contribution in [0.4, 0.5) is 5.69 Å². The molecule has 0 aromatic heterocycles. The van der Waals surface area contributed by atoms with Gasteiger partial charge >= 0.3 is 0 Å². The van der Waals surface area contributed by atoms with Gasteiger partial charge in [0.25, 0.3) is 0 Å². The van der Waals surface area contributed by atoms with Crippen LogP contribution in [0.3, 0.4) is 0 Å². The molecule has 0 fully saturated rings. The van der Waals surface area contributed by atoms with Crippen LogP contribution in [-0.4, -0.2) is 5.84 Å². The van der Waals surface area contributed by atoms with E-state index >= 15 is 0 Å². The summed E-state index contributed by atoms with van der Waals surface area (Å²) in [5, 5.41) is 4.44.